The quantitative estimate of drug-likeness (QED) is 0.407. The molecule has 222 valence electrons. The van der Waals surface area contributed by atoms with Crippen molar-refractivity contribution < 1.29 is 33.3 Å². The zero-order valence-electron chi connectivity index (χ0n) is 24.2. The van der Waals surface area contributed by atoms with Crippen LogP contribution in [0.1, 0.15) is 41.3 Å². The Kier molecular flexibility index (Phi) is 9.94. The lowest BCUT2D eigenvalue weighted by molar-refractivity contribution is -0.124. The summed E-state index contributed by atoms with van der Waals surface area (Å²) in [7, 11) is 1.60. The van der Waals surface area contributed by atoms with Gasteiger partial charge in [0.1, 0.15) is 18.1 Å². The van der Waals surface area contributed by atoms with Gasteiger partial charge in [-0.2, -0.15) is 0 Å². The van der Waals surface area contributed by atoms with Gasteiger partial charge in [-0.05, 0) is 67.3 Å². The van der Waals surface area contributed by atoms with Crippen LogP contribution in [0.2, 0.25) is 0 Å². The number of amides is 2. The van der Waals surface area contributed by atoms with E-state index >= 15 is 0 Å². The SMILES string of the molecule is CCOCCOc1ccccc1C(=O)N1CC[C@H]2OCc3cccc(c3)Oc3cc(ccc3OC)CCC(=O)N[C@H]2C1. The molecule has 0 saturated carbocycles. The topological polar surface area (TPSA) is 95.6 Å². The number of nitrogens with zero attached hydrogens (tertiary/aromatic N) is 1. The molecule has 0 spiro atoms. The Labute approximate surface area is 246 Å². The molecule has 2 atom stereocenters. The van der Waals surface area contributed by atoms with E-state index in [0.29, 0.717) is 80.9 Å². The number of ether oxygens (including phenoxy) is 5. The number of piperidine rings is 1. The Bertz CT molecular complexity index is 1380. The first kappa shape index (κ1) is 29.4. The number of carbonyl (C=O) groups excluding carboxylic acids is 2. The summed E-state index contributed by atoms with van der Waals surface area (Å²) in [5, 5.41) is 3.16. The molecule has 0 radical (unpaired) electrons. The van der Waals surface area contributed by atoms with E-state index in [1.54, 1.807) is 24.1 Å². The predicted octanol–water partition coefficient (Wildman–Crippen LogP) is 4.77. The highest BCUT2D eigenvalue weighted by molar-refractivity contribution is 5.97. The number of para-hydroxylation sites is 1. The van der Waals surface area contributed by atoms with Gasteiger partial charge in [-0.1, -0.05) is 30.3 Å². The molecule has 0 unspecified atom stereocenters. The molecule has 5 rings (SSSR count). The maximum Gasteiger partial charge on any atom is 0.257 e. The highest BCUT2D eigenvalue weighted by atomic mass is 16.5. The maximum atomic E-state index is 13.7. The van der Waals surface area contributed by atoms with Gasteiger partial charge in [-0.25, -0.2) is 0 Å². The van der Waals surface area contributed by atoms with E-state index in [-0.39, 0.29) is 30.4 Å². The van der Waals surface area contributed by atoms with E-state index in [1.807, 2.05) is 61.5 Å². The normalized spacial score (nSPS) is 18.9. The molecular formula is C33H38N2O7. The summed E-state index contributed by atoms with van der Waals surface area (Å²) in [6, 6.07) is 20.3. The van der Waals surface area contributed by atoms with Crippen LogP contribution in [-0.2, 0) is 27.3 Å². The van der Waals surface area contributed by atoms with Gasteiger partial charge in [0.2, 0.25) is 5.91 Å². The van der Waals surface area contributed by atoms with Crippen molar-refractivity contribution in [2.24, 2.45) is 0 Å². The van der Waals surface area contributed by atoms with Crippen molar-refractivity contribution in [1.29, 1.82) is 0 Å². The molecule has 1 saturated heterocycles. The minimum atomic E-state index is -0.364. The van der Waals surface area contributed by atoms with Crippen LogP contribution in [0.5, 0.6) is 23.0 Å². The average Bonchev–Trinajstić information content (AvgIpc) is 3.01. The van der Waals surface area contributed by atoms with Crippen molar-refractivity contribution in [1.82, 2.24) is 10.2 Å². The summed E-state index contributed by atoms with van der Waals surface area (Å²) in [5.41, 5.74) is 2.39. The molecular weight excluding hydrogens is 536 g/mol. The number of hydrogen-bond acceptors (Lipinski definition) is 7. The van der Waals surface area contributed by atoms with E-state index in [1.165, 1.54) is 0 Å². The highest BCUT2D eigenvalue weighted by Crippen LogP contribution is 2.33. The van der Waals surface area contributed by atoms with Crippen LogP contribution in [0.25, 0.3) is 0 Å². The molecule has 2 amide bonds. The first-order valence-electron chi connectivity index (χ1n) is 14.5. The second-order valence-electron chi connectivity index (χ2n) is 10.3. The van der Waals surface area contributed by atoms with Crippen LogP contribution in [0.3, 0.4) is 0 Å². The molecule has 3 aromatic rings. The third-order valence-corrected chi connectivity index (χ3v) is 7.45. The minimum absolute atomic E-state index is 0.101. The van der Waals surface area contributed by atoms with Gasteiger partial charge in [0, 0.05) is 26.1 Å². The molecule has 0 aliphatic carbocycles. The van der Waals surface area contributed by atoms with E-state index < -0.39 is 0 Å². The Hall–Kier alpha value is -4.08. The Morgan fingerprint density at radius 1 is 1.00 bits per heavy atom. The van der Waals surface area contributed by atoms with Gasteiger partial charge >= 0.3 is 0 Å². The molecule has 2 aliphatic rings. The van der Waals surface area contributed by atoms with Gasteiger partial charge in [0.25, 0.3) is 5.91 Å². The van der Waals surface area contributed by atoms with Gasteiger partial charge in [0.05, 0.1) is 38.0 Å². The highest BCUT2D eigenvalue weighted by Gasteiger charge is 2.34. The van der Waals surface area contributed by atoms with Crippen LogP contribution >= 0.6 is 0 Å². The molecule has 1 N–H and O–H groups in total. The van der Waals surface area contributed by atoms with E-state index in [0.717, 1.165) is 11.1 Å². The summed E-state index contributed by atoms with van der Waals surface area (Å²) in [4.78, 5) is 28.6. The van der Waals surface area contributed by atoms with Crippen LogP contribution in [0.4, 0.5) is 0 Å². The third-order valence-electron chi connectivity index (χ3n) is 7.45. The molecule has 3 aromatic carbocycles. The van der Waals surface area contributed by atoms with Crippen molar-refractivity contribution >= 4 is 11.8 Å². The van der Waals surface area contributed by atoms with Crippen LogP contribution in [-0.4, -0.2) is 68.9 Å². The van der Waals surface area contributed by atoms with Crippen LogP contribution in [0.15, 0.2) is 66.7 Å². The monoisotopic (exact) mass is 574 g/mol. The summed E-state index contributed by atoms with van der Waals surface area (Å²) in [5.74, 6) is 2.17. The first-order chi connectivity index (χ1) is 20.5. The molecule has 2 heterocycles. The fraction of sp³-hybridized carbons (Fsp3) is 0.394. The van der Waals surface area contributed by atoms with Gasteiger partial charge in [-0.3, -0.25) is 9.59 Å². The molecule has 1 fully saturated rings. The fourth-order valence-electron chi connectivity index (χ4n) is 5.27. The Morgan fingerprint density at radius 2 is 1.88 bits per heavy atom. The molecule has 0 aromatic heterocycles. The standard InChI is InChI=1S/C33H38N2O7/c1-3-39-17-18-40-28-10-5-4-9-26(28)33(37)35-16-15-29-27(21-35)34-32(36)14-12-23-11-13-30(38-2)31(20-23)42-25-8-6-7-24(19-25)22-41-29/h4-11,13,19-20,27,29H,3,12,14-18,21-22H2,1-2H3,(H,34,36)/t27-,29+/m0/s1. The number of benzene rings is 3. The van der Waals surface area contributed by atoms with Gasteiger partial charge < -0.3 is 33.9 Å². The van der Waals surface area contributed by atoms with Crippen molar-refractivity contribution in [2.45, 2.75) is 44.9 Å². The lowest BCUT2D eigenvalue weighted by atomic mass is 9.99. The van der Waals surface area contributed by atoms with E-state index in [2.05, 4.69) is 5.32 Å². The van der Waals surface area contributed by atoms with E-state index in [4.69, 9.17) is 23.7 Å². The third kappa shape index (κ3) is 7.40. The van der Waals surface area contributed by atoms with Crippen molar-refractivity contribution in [2.75, 3.05) is 40.0 Å². The molecule has 42 heavy (non-hydrogen) atoms. The van der Waals surface area contributed by atoms with Crippen molar-refractivity contribution in [3.63, 3.8) is 0 Å². The summed E-state index contributed by atoms with van der Waals surface area (Å²) in [6.45, 7) is 4.51. The number of carbonyl (C=O) groups is 2. The lowest BCUT2D eigenvalue weighted by Crippen LogP contribution is -2.57. The molecule has 9 heteroatoms. The van der Waals surface area contributed by atoms with Crippen LogP contribution < -0.4 is 19.5 Å². The largest absolute Gasteiger partial charge is 0.493 e. The number of aryl methyl sites for hydroxylation is 1. The summed E-state index contributed by atoms with van der Waals surface area (Å²) in [6.07, 6.45) is 1.14. The first-order valence-corrected chi connectivity index (χ1v) is 14.5. The van der Waals surface area contributed by atoms with Crippen LogP contribution in [0, 0.1) is 0 Å². The number of hydrogen-bond donors (Lipinski definition) is 1. The number of fused-ring (bicyclic) bond motifs is 5. The zero-order valence-corrected chi connectivity index (χ0v) is 24.2. The second kappa shape index (κ2) is 14.2. The Balaban J connectivity index is 1.34. The minimum Gasteiger partial charge on any atom is -0.493 e. The predicted molar refractivity (Wildman–Crippen MR) is 157 cm³/mol. The molecule has 9 nitrogen and oxygen atoms in total. The maximum absolute atomic E-state index is 13.7. The molecule has 2 aliphatic heterocycles. The fourth-order valence-corrected chi connectivity index (χ4v) is 5.27. The Morgan fingerprint density at radius 3 is 2.74 bits per heavy atom. The number of likely N-dealkylation sites (tertiary alicyclic amines) is 1. The number of methoxy groups -OCH3 is 1. The van der Waals surface area contributed by atoms with E-state index in [9.17, 15) is 9.59 Å². The number of rotatable bonds is 7. The molecule has 4 bridgehead atoms. The second-order valence-corrected chi connectivity index (χ2v) is 10.3. The van der Waals surface area contributed by atoms with Gasteiger partial charge in [-0.15, -0.1) is 0 Å². The average molecular weight is 575 g/mol. The van der Waals surface area contributed by atoms with Crippen molar-refractivity contribution in [3.05, 3.63) is 83.4 Å². The number of nitrogens with one attached hydrogen (secondary N) is 1. The van der Waals surface area contributed by atoms with Gasteiger partial charge in [0.15, 0.2) is 11.5 Å². The summed E-state index contributed by atoms with van der Waals surface area (Å²) < 4.78 is 29.3. The zero-order chi connectivity index (χ0) is 29.3. The van der Waals surface area contributed by atoms with Crippen molar-refractivity contribution in [3.8, 4) is 23.0 Å². The smallest absolute Gasteiger partial charge is 0.257 e. The summed E-state index contributed by atoms with van der Waals surface area (Å²) >= 11 is 0. The lowest BCUT2D eigenvalue weighted by Gasteiger charge is -2.39.